The van der Waals surface area contributed by atoms with E-state index in [0.717, 1.165) is 0 Å². The maximum Gasteiger partial charge on any atom is 0.238 e. The number of nitrogens with zero attached hydrogens (tertiary/aromatic N) is 1. The minimum atomic E-state index is -0.281. The first-order valence-corrected chi connectivity index (χ1v) is 9.49. The minimum absolute atomic E-state index is 0.0619. The summed E-state index contributed by atoms with van der Waals surface area (Å²) < 4.78 is 0. The number of carbonyl (C=O) groups excluding carboxylic acids is 3. The van der Waals surface area contributed by atoms with Crippen molar-refractivity contribution in [1.29, 1.82) is 0 Å². The maximum absolute atomic E-state index is 12.8. The van der Waals surface area contributed by atoms with Crippen LogP contribution in [0.15, 0.2) is 36.4 Å². The molecule has 146 valence electrons. The number of carbonyl (C=O) groups is 3. The highest BCUT2D eigenvalue weighted by molar-refractivity contribution is 6.36. The summed E-state index contributed by atoms with van der Waals surface area (Å²) in [4.78, 5) is 39.8. The first-order valence-electron chi connectivity index (χ1n) is 9.11. The van der Waals surface area contributed by atoms with Crippen molar-refractivity contribution in [2.24, 2.45) is 0 Å². The molecule has 0 unspecified atom stereocenters. The Kier molecular flexibility index (Phi) is 6.24. The van der Waals surface area contributed by atoms with Crippen LogP contribution in [0.4, 0.5) is 5.69 Å². The number of ketones is 2. The lowest BCUT2D eigenvalue weighted by Crippen LogP contribution is -2.34. The zero-order valence-corrected chi connectivity index (χ0v) is 16.3. The summed E-state index contributed by atoms with van der Waals surface area (Å²) in [5, 5.41) is 11.9. The Morgan fingerprint density at radius 3 is 2.25 bits per heavy atom. The van der Waals surface area contributed by atoms with Crippen molar-refractivity contribution in [3.8, 4) is 0 Å². The van der Waals surface area contributed by atoms with E-state index in [0.29, 0.717) is 36.3 Å². The summed E-state index contributed by atoms with van der Waals surface area (Å²) >= 11 is 6.27. The van der Waals surface area contributed by atoms with Crippen molar-refractivity contribution in [2.45, 2.75) is 13.3 Å². The molecule has 28 heavy (non-hydrogen) atoms. The van der Waals surface area contributed by atoms with Gasteiger partial charge in [-0.05, 0) is 25.1 Å². The van der Waals surface area contributed by atoms with E-state index in [1.54, 1.807) is 24.3 Å². The minimum Gasteiger partial charge on any atom is -0.396 e. The normalized spacial score (nSPS) is 12.7. The zero-order chi connectivity index (χ0) is 20.3. The average Bonchev–Trinajstić information content (AvgIpc) is 2.70. The van der Waals surface area contributed by atoms with Gasteiger partial charge in [0.1, 0.15) is 0 Å². The van der Waals surface area contributed by atoms with Crippen molar-refractivity contribution in [3.63, 3.8) is 0 Å². The smallest absolute Gasteiger partial charge is 0.238 e. The summed E-state index contributed by atoms with van der Waals surface area (Å²) in [6.45, 7) is 3.39. The summed E-state index contributed by atoms with van der Waals surface area (Å²) in [5.74, 6) is -0.807. The van der Waals surface area contributed by atoms with Gasteiger partial charge < -0.3 is 10.4 Å². The van der Waals surface area contributed by atoms with Crippen molar-refractivity contribution < 1.29 is 19.5 Å². The number of aliphatic hydroxyl groups is 1. The number of anilines is 1. The average molecular weight is 401 g/mol. The van der Waals surface area contributed by atoms with Crippen molar-refractivity contribution >= 4 is 34.8 Å². The van der Waals surface area contributed by atoms with Gasteiger partial charge in [-0.3, -0.25) is 19.3 Å². The van der Waals surface area contributed by atoms with Gasteiger partial charge in [-0.1, -0.05) is 42.8 Å². The molecule has 0 aromatic heterocycles. The second-order valence-electron chi connectivity index (χ2n) is 6.58. The van der Waals surface area contributed by atoms with Gasteiger partial charge in [-0.2, -0.15) is 0 Å². The molecule has 1 amide bonds. The third kappa shape index (κ3) is 3.99. The molecular formula is C21H21ClN2O4. The Morgan fingerprint density at radius 1 is 1.07 bits per heavy atom. The predicted molar refractivity (Wildman–Crippen MR) is 107 cm³/mol. The molecule has 3 rings (SSSR count). The van der Waals surface area contributed by atoms with Gasteiger partial charge in [0.05, 0.1) is 17.3 Å². The first kappa shape index (κ1) is 20.2. The van der Waals surface area contributed by atoms with Crippen LogP contribution in [0.1, 0.15) is 45.2 Å². The van der Waals surface area contributed by atoms with Crippen molar-refractivity contribution in [3.05, 3.63) is 63.7 Å². The van der Waals surface area contributed by atoms with Gasteiger partial charge in [0, 0.05) is 35.4 Å². The molecule has 0 atom stereocenters. The maximum atomic E-state index is 12.8. The Bertz CT molecular complexity index is 942. The molecule has 7 heteroatoms. The topological polar surface area (TPSA) is 86.7 Å². The molecule has 2 aromatic rings. The van der Waals surface area contributed by atoms with E-state index >= 15 is 0 Å². The lowest BCUT2D eigenvalue weighted by Gasteiger charge is -2.21. The Hall–Kier alpha value is -2.54. The van der Waals surface area contributed by atoms with Crippen molar-refractivity contribution in [2.75, 3.05) is 31.6 Å². The fourth-order valence-corrected chi connectivity index (χ4v) is 3.46. The van der Waals surface area contributed by atoms with Crippen LogP contribution in [-0.4, -0.2) is 53.7 Å². The van der Waals surface area contributed by atoms with Gasteiger partial charge >= 0.3 is 0 Å². The van der Waals surface area contributed by atoms with E-state index in [1.807, 2.05) is 11.8 Å². The Balaban J connectivity index is 1.84. The van der Waals surface area contributed by atoms with Crippen LogP contribution < -0.4 is 5.32 Å². The molecule has 0 heterocycles. The number of halogens is 1. The monoisotopic (exact) mass is 400 g/mol. The first-order chi connectivity index (χ1) is 13.5. The van der Waals surface area contributed by atoms with Crippen molar-refractivity contribution in [1.82, 2.24) is 4.90 Å². The second kappa shape index (κ2) is 8.65. The van der Waals surface area contributed by atoms with Gasteiger partial charge in [0.25, 0.3) is 0 Å². The standard InChI is InChI=1S/C21H21ClN2O4/c1-2-24(8-5-9-25)12-19(26)23-18-11-16-15(10-17(18)22)20(27)13-6-3-4-7-14(13)21(16)28/h3-4,6-7,10-11,25H,2,5,8-9,12H2,1H3,(H,23,26). The van der Waals surface area contributed by atoms with E-state index in [-0.39, 0.29) is 46.8 Å². The molecule has 0 radical (unpaired) electrons. The fraction of sp³-hybridized carbons (Fsp3) is 0.286. The highest BCUT2D eigenvalue weighted by Crippen LogP contribution is 2.33. The van der Waals surface area contributed by atoms with Crippen LogP contribution >= 0.6 is 11.6 Å². The van der Waals surface area contributed by atoms with E-state index in [1.165, 1.54) is 12.1 Å². The number of aliphatic hydroxyl groups excluding tert-OH is 1. The van der Waals surface area contributed by atoms with Crippen LogP contribution in [0.5, 0.6) is 0 Å². The van der Waals surface area contributed by atoms with E-state index < -0.39 is 0 Å². The van der Waals surface area contributed by atoms with Gasteiger partial charge in [0.2, 0.25) is 5.91 Å². The number of fused-ring (bicyclic) bond motifs is 2. The quantitative estimate of drug-likeness (QED) is 0.636. The third-order valence-corrected chi connectivity index (χ3v) is 5.05. The number of hydrogen-bond donors (Lipinski definition) is 2. The van der Waals surface area contributed by atoms with Gasteiger partial charge in [0.15, 0.2) is 11.6 Å². The largest absolute Gasteiger partial charge is 0.396 e. The molecule has 2 N–H and O–H groups in total. The van der Waals surface area contributed by atoms with Crippen LogP contribution in [0.3, 0.4) is 0 Å². The lowest BCUT2D eigenvalue weighted by atomic mass is 9.84. The molecule has 2 aromatic carbocycles. The molecule has 0 fully saturated rings. The molecular weight excluding hydrogens is 380 g/mol. The number of hydrogen-bond acceptors (Lipinski definition) is 5. The molecule has 1 aliphatic carbocycles. The number of likely N-dealkylation sites (N-methyl/N-ethyl adjacent to an activating group) is 1. The number of amides is 1. The van der Waals surface area contributed by atoms with Gasteiger partial charge in [-0.25, -0.2) is 0 Å². The molecule has 0 saturated carbocycles. The molecule has 0 spiro atoms. The highest BCUT2D eigenvalue weighted by Gasteiger charge is 2.30. The zero-order valence-electron chi connectivity index (χ0n) is 15.5. The number of rotatable bonds is 7. The summed E-state index contributed by atoms with van der Waals surface area (Å²) in [5.41, 5.74) is 1.47. The highest BCUT2D eigenvalue weighted by atomic mass is 35.5. The molecule has 0 saturated heterocycles. The van der Waals surface area contributed by atoms with Gasteiger partial charge in [-0.15, -0.1) is 0 Å². The van der Waals surface area contributed by atoms with Crippen LogP contribution in [-0.2, 0) is 4.79 Å². The molecule has 0 bridgehead atoms. The molecule has 6 nitrogen and oxygen atoms in total. The van der Waals surface area contributed by atoms with Crippen LogP contribution in [0.25, 0.3) is 0 Å². The predicted octanol–water partition coefficient (Wildman–Crippen LogP) is 2.76. The summed E-state index contributed by atoms with van der Waals surface area (Å²) in [6, 6.07) is 9.56. The fourth-order valence-electron chi connectivity index (χ4n) is 3.25. The number of nitrogens with one attached hydrogen (secondary N) is 1. The molecule has 1 aliphatic rings. The summed E-state index contributed by atoms with van der Waals surface area (Å²) in [6.07, 6.45) is 0.580. The second-order valence-corrected chi connectivity index (χ2v) is 6.98. The Labute approximate surface area is 168 Å². The van der Waals surface area contributed by atoms with E-state index in [9.17, 15) is 14.4 Å². The number of benzene rings is 2. The Morgan fingerprint density at radius 2 is 1.68 bits per heavy atom. The van der Waals surface area contributed by atoms with E-state index in [4.69, 9.17) is 16.7 Å². The van der Waals surface area contributed by atoms with Crippen LogP contribution in [0, 0.1) is 0 Å². The SMILES string of the molecule is CCN(CCCO)CC(=O)Nc1cc2c(cc1Cl)C(=O)c1ccccc1C2=O. The van der Waals surface area contributed by atoms with E-state index in [2.05, 4.69) is 5.32 Å². The summed E-state index contributed by atoms with van der Waals surface area (Å²) in [7, 11) is 0. The molecule has 0 aliphatic heterocycles. The lowest BCUT2D eigenvalue weighted by molar-refractivity contribution is -0.117. The third-order valence-electron chi connectivity index (χ3n) is 4.73. The van der Waals surface area contributed by atoms with Crippen LogP contribution in [0.2, 0.25) is 5.02 Å².